The Morgan fingerprint density at radius 1 is 1.82 bits per heavy atom. The monoisotopic (exact) mass is 261 g/mol. The Morgan fingerprint density at radius 2 is 2.53 bits per heavy atom. The van der Waals surface area contributed by atoms with Gasteiger partial charge < -0.3 is 10.6 Å². The SMILES string of the molecule is CC=C(CNC(=O)[C@@H]1CSC(=O)N1)O[N+](=O)[O-]. The highest BCUT2D eigenvalue weighted by Crippen LogP contribution is 2.12. The molecule has 0 radical (unpaired) electrons. The zero-order chi connectivity index (χ0) is 12.8. The first-order valence-electron chi connectivity index (χ1n) is 4.71. The second-order valence-electron chi connectivity index (χ2n) is 3.08. The van der Waals surface area contributed by atoms with E-state index in [9.17, 15) is 19.7 Å². The van der Waals surface area contributed by atoms with E-state index >= 15 is 0 Å². The molecular weight excluding hydrogens is 250 g/mol. The summed E-state index contributed by atoms with van der Waals surface area (Å²) in [5, 5.41) is 13.8. The maximum atomic E-state index is 11.5. The molecule has 17 heavy (non-hydrogen) atoms. The van der Waals surface area contributed by atoms with Gasteiger partial charge in [0.2, 0.25) is 5.91 Å². The summed E-state index contributed by atoms with van der Waals surface area (Å²) in [5.74, 6) is -0.0127. The molecule has 0 bridgehead atoms. The third-order valence-electron chi connectivity index (χ3n) is 1.94. The third kappa shape index (κ3) is 4.31. The lowest BCUT2D eigenvalue weighted by molar-refractivity contribution is -0.743. The first kappa shape index (κ1) is 13.3. The van der Waals surface area contributed by atoms with Crippen LogP contribution >= 0.6 is 11.8 Å². The summed E-state index contributed by atoms with van der Waals surface area (Å²) in [6, 6.07) is -0.596. The van der Waals surface area contributed by atoms with Crippen LogP contribution in [0.3, 0.4) is 0 Å². The lowest BCUT2D eigenvalue weighted by Gasteiger charge is -2.10. The summed E-state index contributed by atoms with van der Waals surface area (Å²) in [6.45, 7) is 1.46. The smallest absolute Gasteiger partial charge is 0.299 e. The van der Waals surface area contributed by atoms with Crippen molar-refractivity contribution in [2.24, 2.45) is 0 Å². The number of thioether (sulfide) groups is 1. The van der Waals surface area contributed by atoms with E-state index in [1.165, 1.54) is 6.08 Å². The number of carbonyl (C=O) groups excluding carboxylic acids is 2. The Labute approximate surface area is 101 Å². The minimum Gasteiger partial charge on any atom is -0.349 e. The van der Waals surface area contributed by atoms with Crippen LogP contribution in [-0.4, -0.2) is 34.6 Å². The van der Waals surface area contributed by atoms with Gasteiger partial charge in [-0.2, -0.15) is 0 Å². The van der Waals surface area contributed by atoms with Crippen LogP contribution in [-0.2, 0) is 9.63 Å². The highest BCUT2D eigenvalue weighted by molar-refractivity contribution is 8.14. The van der Waals surface area contributed by atoms with Crippen molar-refractivity contribution in [3.63, 3.8) is 0 Å². The van der Waals surface area contributed by atoms with E-state index < -0.39 is 17.0 Å². The van der Waals surface area contributed by atoms with Crippen LogP contribution in [0, 0.1) is 10.1 Å². The number of hydrogen-bond acceptors (Lipinski definition) is 6. The van der Waals surface area contributed by atoms with E-state index in [-0.39, 0.29) is 17.5 Å². The molecule has 1 aliphatic heterocycles. The average Bonchev–Trinajstić information content (AvgIpc) is 2.70. The minimum atomic E-state index is -0.950. The second-order valence-corrected chi connectivity index (χ2v) is 4.08. The van der Waals surface area contributed by atoms with E-state index in [4.69, 9.17) is 0 Å². The van der Waals surface area contributed by atoms with Crippen LogP contribution < -0.4 is 10.6 Å². The molecular formula is C8H11N3O5S. The van der Waals surface area contributed by atoms with Gasteiger partial charge in [0.05, 0.1) is 6.54 Å². The number of rotatable bonds is 5. The quantitative estimate of drug-likeness (QED) is 0.410. The molecule has 1 fully saturated rings. The molecule has 9 heteroatoms. The van der Waals surface area contributed by atoms with Crippen molar-refractivity contribution in [1.29, 1.82) is 0 Å². The second kappa shape index (κ2) is 6.09. The molecule has 1 saturated heterocycles. The highest BCUT2D eigenvalue weighted by atomic mass is 32.2. The minimum absolute atomic E-state index is 0.0281. The van der Waals surface area contributed by atoms with Gasteiger partial charge in [-0.1, -0.05) is 17.8 Å². The van der Waals surface area contributed by atoms with Gasteiger partial charge in [0.25, 0.3) is 10.3 Å². The van der Waals surface area contributed by atoms with Gasteiger partial charge in [-0.25, -0.2) is 0 Å². The van der Waals surface area contributed by atoms with Gasteiger partial charge in [0, 0.05) is 5.75 Å². The predicted molar refractivity (Wildman–Crippen MR) is 59.6 cm³/mol. The molecule has 0 aromatic rings. The maximum absolute atomic E-state index is 11.5. The summed E-state index contributed by atoms with van der Waals surface area (Å²) in [5.41, 5.74) is 0. The van der Waals surface area contributed by atoms with Crippen LogP contribution in [0.15, 0.2) is 11.8 Å². The molecule has 1 aliphatic rings. The summed E-state index contributed by atoms with van der Waals surface area (Å²) >= 11 is 1.02. The highest BCUT2D eigenvalue weighted by Gasteiger charge is 2.27. The predicted octanol–water partition coefficient (Wildman–Crippen LogP) is 0.0397. The molecule has 0 aromatic carbocycles. The van der Waals surface area contributed by atoms with Crippen LogP contribution in [0.4, 0.5) is 4.79 Å². The number of amides is 2. The normalized spacial score (nSPS) is 19.7. The standard InChI is InChI=1S/C8H11N3O5S/c1-2-5(16-11(14)15)3-9-7(12)6-4-17-8(13)10-6/h2,6H,3-4H2,1H3,(H,9,12)(H,10,13)/t6-/m0/s1. The summed E-state index contributed by atoms with van der Waals surface area (Å²) in [7, 11) is 0. The van der Waals surface area contributed by atoms with Gasteiger partial charge in [-0.15, -0.1) is 10.1 Å². The van der Waals surface area contributed by atoms with Crippen LogP contribution in [0.2, 0.25) is 0 Å². The Bertz CT molecular complexity index is 370. The first-order valence-corrected chi connectivity index (χ1v) is 5.70. The number of carbonyl (C=O) groups is 2. The van der Waals surface area contributed by atoms with Crippen molar-refractivity contribution in [2.45, 2.75) is 13.0 Å². The summed E-state index contributed by atoms with van der Waals surface area (Å²) in [6.07, 6.45) is 1.38. The number of nitrogens with zero attached hydrogens (tertiary/aromatic N) is 1. The van der Waals surface area contributed by atoms with E-state index in [1.54, 1.807) is 6.92 Å². The van der Waals surface area contributed by atoms with Crippen LogP contribution in [0.25, 0.3) is 0 Å². The summed E-state index contributed by atoms with van der Waals surface area (Å²) < 4.78 is 0. The van der Waals surface area contributed by atoms with Crippen molar-refractivity contribution in [3.8, 4) is 0 Å². The molecule has 0 spiro atoms. The lowest BCUT2D eigenvalue weighted by Crippen LogP contribution is -2.43. The van der Waals surface area contributed by atoms with E-state index in [0.717, 1.165) is 11.8 Å². The number of hydrogen-bond donors (Lipinski definition) is 2. The Morgan fingerprint density at radius 3 is 3.00 bits per heavy atom. The fourth-order valence-corrected chi connectivity index (χ4v) is 1.88. The molecule has 0 saturated carbocycles. The van der Waals surface area contributed by atoms with Crippen LogP contribution in [0.5, 0.6) is 0 Å². The van der Waals surface area contributed by atoms with Crippen LogP contribution in [0.1, 0.15) is 6.92 Å². The molecule has 0 unspecified atom stereocenters. The molecule has 0 aliphatic carbocycles. The fourth-order valence-electron chi connectivity index (χ4n) is 1.11. The van der Waals surface area contributed by atoms with E-state index in [0.29, 0.717) is 5.75 Å². The molecule has 8 nitrogen and oxygen atoms in total. The largest absolute Gasteiger partial charge is 0.349 e. The molecule has 1 rings (SSSR count). The van der Waals surface area contributed by atoms with Crippen molar-refractivity contribution < 1.29 is 19.5 Å². The van der Waals surface area contributed by atoms with Crippen molar-refractivity contribution in [2.75, 3.05) is 12.3 Å². The average molecular weight is 261 g/mol. The lowest BCUT2D eigenvalue weighted by atomic mass is 10.3. The topological polar surface area (TPSA) is 111 Å². The van der Waals surface area contributed by atoms with Gasteiger partial charge in [0.15, 0.2) is 0 Å². The molecule has 2 amide bonds. The number of allylic oxidation sites excluding steroid dienone is 1. The van der Waals surface area contributed by atoms with Crippen molar-refractivity contribution >= 4 is 22.9 Å². The van der Waals surface area contributed by atoms with Gasteiger partial charge >= 0.3 is 0 Å². The maximum Gasteiger partial charge on any atom is 0.299 e. The fraction of sp³-hybridized carbons (Fsp3) is 0.500. The molecule has 2 N–H and O–H groups in total. The molecule has 1 heterocycles. The van der Waals surface area contributed by atoms with Crippen molar-refractivity contribution in [3.05, 3.63) is 21.9 Å². The van der Waals surface area contributed by atoms with Crippen molar-refractivity contribution in [1.82, 2.24) is 10.6 Å². The van der Waals surface area contributed by atoms with Gasteiger partial charge in [0.1, 0.15) is 11.8 Å². The Kier molecular flexibility index (Phi) is 4.76. The molecule has 94 valence electrons. The number of nitrogens with one attached hydrogen (secondary N) is 2. The van der Waals surface area contributed by atoms with E-state index in [2.05, 4.69) is 15.5 Å². The third-order valence-corrected chi connectivity index (χ3v) is 2.82. The van der Waals surface area contributed by atoms with Gasteiger partial charge in [-0.3, -0.25) is 14.4 Å². The molecule has 0 aromatic heterocycles. The Hall–Kier alpha value is -1.77. The Balaban J connectivity index is 2.37. The molecule has 1 atom stereocenters. The van der Waals surface area contributed by atoms with E-state index in [1.807, 2.05) is 0 Å². The zero-order valence-corrected chi connectivity index (χ0v) is 9.78. The zero-order valence-electron chi connectivity index (χ0n) is 8.97. The van der Waals surface area contributed by atoms with Gasteiger partial charge in [-0.05, 0) is 6.92 Å². The first-order chi connectivity index (χ1) is 8.02. The summed E-state index contributed by atoms with van der Waals surface area (Å²) in [4.78, 5) is 36.6.